The molecule has 0 saturated carbocycles. The molecule has 32 heavy (non-hydrogen) atoms. The number of thiazole rings is 1. The summed E-state index contributed by atoms with van der Waals surface area (Å²) >= 11 is 1.58. The van der Waals surface area contributed by atoms with Crippen LogP contribution in [0.2, 0.25) is 0 Å². The van der Waals surface area contributed by atoms with Gasteiger partial charge in [-0.25, -0.2) is 9.37 Å². The molecule has 8 heteroatoms. The van der Waals surface area contributed by atoms with Gasteiger partial charge >= 0.3 is 0 Å². The van der Waals surface area contributed by atoms with Crippen LogP contribution in [0.25, 0.3) is 5.57 Å². The van der Waals surface area contributed by atoms with Gasteiger partial charge in [0.2, 0.25) is 0 Å². The first kappa shape index (κ1) is 24.0. The third kappa shape index (κ3) is 5.56. The molecule has 0 aliphatic carbocycles. The Bertz CT molecular complexity index is 972. The Labute approximate surface area is 192 Å². The maximum Gasteiger partial charge on any atom is 0.142 e. The summed E-state index contributed by atoms with van der Waals surface area (Å²) in [5.41, 5.74) is 8.04. The first-order valence-electron chi connectivity index (χ1n) is 10.6. The average molecular weight is 457 g/mol. The maximum absolute atomic E-state index is 13.6. The lowest BCUT2D eigenvalue weighted by atomic mass is 9.80. The van der Waals surface area contributed by atoms with E-state index < -0.39 is 5.54 Å². The van der Waals surface area contributed by atoms with Gasteiger partial charge in [-0.3, -0.25) is 14.7 Å². The summed E-state index contributed by atoms with van der Waals surface area (Å²) in [6, 6.07) is 6.41. The molecule has 0 radical (unpaired) electrons. The number of allylic oxidation sites excluding steroid dienone is 1. The quantitative estimate of drug-likeness (QED) is 0.269. The number of aliphatic imine (C=N–C) groups is 1. The first-order chi connectivity index (χ1) is 15.5. The summed E-state index contributed by atoms with van der Waals surface area (Å²) in [7, 11) is 0. The average Bonchev–Trinajstić information content (AvgIpc) is 3.33. The third-order valence-electron chi connectivity index (χ3n) is 5.70. The van der Waals surface area contributed by atoms with Gasteiger partial charge in [0.15, 0.2) is 0 Å². The monoisotopic (exact) mass is 456 g/mol. The zero-order valence-electron chi connectivity index (χ0n) is 18.4. The summed E-state index contributed by atoms with van der Waals surface area (Å²) in [4.78, 5) is 22.3. The van der Waals surface area contributed by atoms with Crippen molar-refractivity contribution in [3.8, 4) is 0 Å². The number of benzene rings is 1. The molecule has 1 aromatic heterocycles. The number of hydrogen-bond acceptors (Lipinski definition) is 6. The molecule has 1 aromatic carbocycles. The normalized spacial score (nSPS) is 20.4. The van der Waals surface area contributed by atoms with Gasteiger partial charge in [-0.2, -0.15) is 0 Å². The summed E-state index contributed by atoms with van der Waals surface area (Å²) in [5, 5.41) is 2.88. The van der Waals surface area contributed by atoms with Crippen LogP contribution in [0.5, 0.6) is 0 Å². The van der Waals surface area contributed by atoms with Crippen LogP contribution in [-0.4, -0.2) is 54.9 Å². The molecule has 1 fully saturated rings. The van der Waals surface area contributed by atoms with Gasteiger partial charge < -0.3 is 10.5 Å². The summed E-state index contributed by atoms with van der Waals surface area (Å²) in [5.74, 6) is -0.294. The molecule has 1 unspecified atom stereocenters. The molecule has 1 aliphatic rings. The molecule has 0 bridgehead atoms. The maximum atomic E-state index is 13.6. The van der Waals surface area contributed by atoms with Crippen molar-refractivity contribution in [2.45, 2.75) is 31.9 Å². The largest absolute Gasteiger partial charge is 0.390 e. The van der Waals surface area contributed by atoms with E-state index in [0.717, 1.165) is 41.0 Å². The van der Waals surface area contributed by atoms with E-state index in [9.17, 15) is 9.18 Å². The predicted molar refractivity (Wildman–Crippen MR) is 127 cm³/mol. The smallest absolute Gasteiger partial charge is 0.142 e. The SMILES string of the molecule is CC/C(=C(\CN1CCOC(/C=C/C=O)C1)c1nccs1)[C@@](C)(N=CN)c1ccc(F)cc1. The number of rotatable bonds is 9. The number of carbonyl (C=O) groups excluding carboxylic acids is 1. The number of hydrogen-bond donors (Lipinski definition) is 1. The molecule has 1 aliphatic heterocycles. The molecule has 2 heterocycles. The molecule has 0 spiro atoms. The topological polar surface area (TPSA) is 80.8 Å². The summed E-state index contributed by atoms with van der Waals surface area (Å²) in [6.45, 7) is 6.77. The second-order valence-corrected chi connectivity index (χ2v) is 8.57. The molecule has 3 rings (SSSR count). The predicted octanol–water partition coefficient (Wildman–Crippen LogP) is 3.80. The zero-order valence-corrected chi connectivity index (χ0v) is 19.2. The molecule has 170 valence electrons. The van der Waals surface area contributed by atoms with E-state index in [-0.39, 0.29) is 11.9 Å². The van der Waals surface area contributed by atoms with Crippen molar-refractivity contribution in [3.05, 3.63) is 70.0 Å². The highest BCUT2D eigenvalue weighted by atomic mass is 32.1. The lowest BCUT2D eigenvalue weighted by molar-refractivity contribution is -0.104. The van der Waals surface area contributed by atoms with Gasteiger partial charge in [0.1, 0.15) is 22.6 Å². The van der Waals surface area contributed by atoms with E-state index in [1.165, 1.54) is 24.5 Å². The highest BCUT2D eigenvalue weighted by Gasteiger charge is 2.33. The number of carbonyl (C=O) groups is 1. The van der Waals surface area contributed by atoms with Crippen molar-refractivity contribution >= 4 is 29.5 Å². The van der Waals surface area contributed by atoms with E-state index in [4.69, 9.17) is 10.5 Å². The lowest BCUT2D eigenvalue weighted by Crippen LogP contribution is -2.42. The van der Waals surface area contributed by atoms with Crippen LogP contribution in [0, 0.1) is 5.82 Å². The van der Waals surface area contributed by atoms with E-state index in [1.54, 1.807) is 35.7 Å². The number of morpholine rings is 1. The fraction of sp³-hybridized carbons (Fsp3) is 0.375. The van der Waals surface area contributed by atoms with Gasteiger partial charge in [0.25, 0.3) is 0 Å². The summed E-state index contributed by atoms with van der Waals surface area (Å²) < 4.78 is 19.4. The third-order valence-corrected chi connectivity index (χ3v) is 6.53. The van der Waals surface area contributed by atoms with Crippen LogP contribution >= 0.6 is 11.3 Å². The van der Waals surface area contributed by atoms with Gasteiger partial charge in [0.05, 0.1) is 19.0 Å². The van der Waals surface area contributed by atoms with Crippen molar-refractivity contribution in [1.82, 2.24) is 9.88 Å². The fourth-order valence-electron chi connectivity index (χ4n) is 4.15. The standard InChI is InChI=1S/C24H29FN4O2S/c1-3-22(24(2,28-17-26)18-6-8-19(25)9-7-18)21(23-27-10-14-32-23)16-29-11-13-31-20(15-29)5-4-12-30/h4-10,12,14,17,20H,3,11,13,15-16H2,1-2H3,(H2,26,28)/b5-4+,22-21-/t20?,24-/m0/s1. The molecule has 2 N–H and O–H groups in total. The Kier molecular flexibility index (Phi) is 8.44. The highest BCUT2D eigenvalue weighted by Crippen LogP contribution is 2.40. The van der Waals surface area contributed by atoms with Crippen LogP contribution in [0.15, 0.2) is 58.6 Å². The molecule has 2 atom stereocenters. The van der Waals surface area contributed by atoms with Crippen molar-refractivity contribution in [1.29, 1.82) is 0 Å². The van der Waals surface area contributed by atoms with Crippen LogP contribution < -0.4 is 5.73 Å². The minimum absolute atomic E-state index is 0.137. The minimum Gasteiger partial charge on any atom is -0.390 e. The fourth-order valence-corrected chi connectivity index (χ4v) is 4.85. The molecule has 1 saturated heterocycles. The minimum atomic E-state index is -0.763. The Morgan fingerprint density at radius 1 is 1.44 bits per heavy atom. The van der Waals surface area contributed by atoms with Gasteiger partial charge in [0, 0.05) is 36.8 Å². The summed E-state index contributed by atoms with van der Waals surface area (Å²) in [6.07, 6.45) is 7.72. The van der Waals surface area contributed by atoms with Gasteiger partial charge in [-0.15, -0.1) is 11.3 Å². The Balaban J connectivity index is 2.06. The molecular formula is C24H29FN4O2S. The molecular weight excluding hydrogens is 427 g/mol. The van der Waals surface area contributed by atoms with Crippen molar-refractivity contribution in [3.63, 3.8) is 0 Å². The first-order valence-corrected chi connectivity index (χ1v) is 11.5. The van der Waals surface area contributed by atoms with Crippen molar-refractivity contribution in [2.75, 3.05) is 26.2 Å². The molecule has 6 nitrogen and oxygen atoms in total. The number of nitrogens with two attached hydrogens (primary N) is 1. The number of aromatic nitrogens is 1. The Hall–Kier alpha value is -2.68. The number of nitrogens with zero attached hydrogens (tertiary/aromatic N) is 3. The van der Waals surface area contributed by atoms with Gasteiger partial charge in [-0.1, -0.05) is 25.1 Å². The van der Waals surface area contributed by atoms with E-state index in [1.807, 2.05) is 12.3 Å². The Morgan fingerprint density at radius 3 is 2.84 bits per heavy atom. The van der Waals surface area contributed by atoms with Crippen LogP contribution in [-0.2, 0) is 15.1 Å². The Morgan fingerprint density at radius 2 is 2.22 bits per heavy atom. The van der Waals surface area contributed by atoms with E-state index in [0.29, 0.717) is 19.7 Å². The number of aldehydes is 1. The van der Waals surface area contributed by atoms with E-state index >= 15 is 0 Å². The zero-order chi connectivity index (χ0) is 23.0. The van der Waals surface area contributed by atoms with Crippen LogP contribution in [0.4, 0.5) is 4.39 Å². The van der Waals surface area contributed by atoms with Crippen LogP contribution in [0.3, 0.4) is 0 Å². The lowest BCUT2D eigenvalue weighted by Gasteiger charge is -2.35. The highest BCUT2D eigenvalue weighted by molar-refractivity contribution is 7.10. The van der Waals surface area contributed by atoms with Crippen LogP contribution in [0.1, 0.15) is 30.8 Å². The van der Waals surface area contributed by atoms with Gasteiger partial charge in [-0.05, 0) is 42.7 Å². The number of ether oxygens (including phenoxy) is 1. The second-order valence-electron chi connectivity index (χ2n) is 7.67. The van der Waals surface area contributed by atoms with E-state index in [2.05, 4.69) is 21.8 Å². The number of halogens is 1. The molecule has 0 amide bonds. The van der Waals surface area contributed by atoms with Crippen molar-refractivity contribution in [2.24, 2.45) is 10.7 Å². The second kappa shape index (κ2) is 11.3. The molecule has 2 aromatic rings. The van der Waals surface area contributed by atoms with Crippen molar-refractivity contribution < 1.29 is 13.9 Å².